The fourth-order valence-electron chi connectivity index (χ4n) is 3.26. The number of nitroso groups, excluding NO2 is 1. The fourth-order valence-corrected chi connectivity index (χ4v) is 5.80. The van der Waals surface area contributed by atoms with E-state index in [2.05, 4.69) is 103 Å². The number of rotatable bonds is 5. The quantitative estimate of drug-likeness (QED) is 0.171. The Morgan fingerprint density at radius 2 is 0.861 bits per heavy atom. The molecular weight excluding hydrogens is 652 g/mol. The summed E-state index contributed by atoms with van der Waals surface area (Å²) >= 11 is 4.83. The van der Waals surface area contributed by atoms with Crippen LogP contribution in [-0.4, -0.2) is 5.75 Å². The Labute approximate surface area is 236 Å². The van der Waals surface area contributed by atoms with Crippen LogP contribution in [0.5, 0.6) is 0 Å². The molecule has 0 spiro atoms. The molecule has 0 unspecified atom stereocenters. The summed E-state index contributed by atoms with van der Waals surface area (Å²) in [6.45, 7) is 0. The summed E-state index contributed by atoms with van der Waals surface area (Å²) < 4.78 is 0. The van der Waals surface area contributed by atoms with Crippen LogP contribution in [0.1, 0.15) is 5.56 Å². The molecule has 1 aliphatic rings. The van der Waals surface area contributed by atoms with Gasteiger partial charge in [-0.25, -0.2) is 0 Å². The van der Waals surface area contributed by atoms with E-state index in [-0.39, 0.29) is 20.4 Å². The van der Waals surface area contributed by atoms with Gasteiger partial charge in [0.25, 0.3) is 0 Å². The minimum absolute atomic E-state index is 0. The van der Waals surface area contributed by atoms with Crippen LogP contribution in [0.25, 0.3) is 5.59 Å². The van der Waals surface area contributed by atoms with Crippen molar-refractivity contribution in [2.24, 2.45) is 0 Å². The molecule has 0 saturated heterocycles. The van der Waals surface area contributed by atoms with Gasteiger partial charge >= 0.3 is 0 Å². The normalized spacial score (nSPS) is 10.5. The minimum Gasteiger partial charge on any atom is -0.792 e. The molecule has 0 N–H and O–H groups in total. The maximum absolute atomic E-state index is 7.25. The molecule has 36 heavy (non-hydrogen) atoms. The molecule has 4 aromatic carbocycles. The van der Waals surface area contributed by atoms with Gasteiger partial charge in [0.1, 0.15) is 0 Å². The van der Waals surface area contributed by atoms with Crippen LogP contribution >= 0.6 is 7.92 Å². The maximum Gasteiger partial charge on any atom is 0.00506 e. The number of hydrogen-bond donors (Lipinski definition) is 0. The van der Waals surface area contributed by atoms with Crippen molar-refractivity contribution < 1.29 is 20.4 Å². The van der Waals surface area contributed by atoms with Crippen LogP contribution in [0.4, 0.5) is 0 Å². The summed E-state index contributed by atoms with van der Waals surface area (Å²) in [6.07, 6.45) is 11.0. The summed E-state index contributed by atoms with van der Waals surface area (Å²) in [7, 11) is -0.446. The van der Waals surface area contributed by atoms with Gasteiger partial charge in [-0.2, -0.15) is 5.75 Å². The number of benzene rings is 4. The SMILES string of the molecule is [CH]1C=CC=C1.[N-]=O.[Re].[S-]CCc1ccccc1.c1ccc(P(c2ccccc2)c2ccccc2)cc1. The van der Waals surface area contributed by atoms with E-state index in [1.807, 2.05) is 48.9 Å². The molecule has 5 heteroatoms. The van der Waals surface area contributed by atoms with E-state index in [1.54, 1.807) is 0 Å². The Morgan fingerprint density at radius 3 is 1.14 bits per heavy atom. The zero-order chi connectivity index (χ0) is 25.0. The molecule has 0 fully saturated rings. The van der Waals surface area contributed by atoms with Crippen molar-refractivity contribution in [1.82, 2.24) is 0 Å². The van der Waals surface area contributed by atoms with Gasteiger partial charge < -0.3 is 23.1 Å². The van der Waals surface area contributed by atoms with Crippen molar-refractivity contribution in [2.45, 2.75) is 6.42 Å². The zero-order valence-corrected chi connectivity index (χ0v) is 24.4. The molecule has 0 amide bonds. The van der Waals surface area contributed by atoms with Gasteiger partial charge in [0.2, 0.25) is 0 Å². The zero-order valence-electron chi connectivity index (χ0n) is 19.9. The molecule has 1 aliphatic carbocycles. The minimum atomic E-state index is -0.446. The first kappa shape index (κ1) is 31.4. The standard InChI is InChI=1S/C18H15P.C8H10S.C5H5.NO.Re/c1-4-10-16(11-5-1)19(17-12-6-2-7-13-17)18-14-8-3-9-15-18;9-7-6-8-4-2-1-3-5-8;1-2-4-5-3-1;1-2;/h1-15H;1-5,9H,6-7H2;1-5H;;/q;;;-1;/p-1. The summed E-state index contributed by atoms with van der Waals surface area (Å²) in [4.78, 5) is 7.25. The number of allylic oxidation sites excluding steroid dienone is 4. The summed E-state index contributed by atoms with van der Waals surface area (Å²) in [5.41, 5.74) is 7.09. The Kier molecular flexibility index (Phi) is 18.0. The molecular formula is C31H29NOPReS-2. The number of nitrogens with zero attached hydrogens (tertiary/aromatic N) is 1. The van der Waals surface area contributed by atoms with Crippen LogP contribution in [-0.2, 0) is 39.5 Å². The third-order valence-electron chi connectivity index (χ3n) is 4.83. The van der Waals surface area contributed by atoms with Gasteiger partial charge in [0.15, 0.2) is 0 Å². The second kappa shape index (κ2) is 20.6. The first-order chi connectivity index (χ1) is 17.4. The van der Waals surface area contributed by atoms with E-state index >= 15 is 0 Å². The number of aryl methyl sites for hydroxylation is 1. The summed E-state index contributed by atoms with van der Waals surface area (Å²) in [5, 5.41) is 4.19. The van der Waals surface area contributed by atoms with Crippen molar-refractivity contribution >= 4 is 36.5 Å². The Hall–Kier alpha value is -2.60. The van der Waals surface area contributed by atoms with E-state index in [4.69, 9.17) is 23.1 Å². The second-order valence-corrected chi connectivity index (χ2v) is 9.87. The predicted octanol–water partition coefficient (Wildman–Crippen LogP) is 6.86. The van der Waals surface area contributed by atoms with Crippen molar-refractivity contribution in [3.05, 3.63) is 168 Å². The Balaban J connectivity index is 0.000000317. The fraction of sp³-hybridized carbons (Fsp3) is 0.0645. The monoisotopic (exact) mass is 681 g/mol. The van der Waals surface area contributed by atoms with Crippen molar-refractivity contribution in [3.8, 4) is 0 Å². The molecule has 0 bridgehead atoms. The molecule has 2 nitrogen and oxygen atoms in total. The summed E-state index contributed by atoms with van der Waals surface area (Å²) in [5.74, 6) is 0.823. The second-order valence-electron chi connectivity index (χ2n) is 7.24. The Morgan fingerprint density at radius 1 is 0.528 bits per heavy atom. The van der Waals surface area contributed by atoms with Crippen molar-refractivity contribution in [3.63, 3.8) is 0 Å². The van der Waals surface area contributed by atoms with E-state index in [0.717, 1.165) is 12.2 Å². The molecule has 5 rings (SSSR count). The third kappa shape index (κ3) is 11.9. The molecule has 0 saturated carbocycles. The molecule has 0 atom stereocenters. The van der Waals surface area contributed by atoms with E-state index in [0.29, 0.717) is 0 Å². The van der Waals surface area contributed by atoms with Crippen molar-refractivity contribution in [1.29, 1.82) is 0 Å². The summed E-state index contributed by atoms with van der Waals surface area (Å²) in [6, 6.07) is 42.6. The van der Waals surface area contributed by atoms with Crippen LogP contribution in [0.15, 0.2) is 146 Å². The average molecular weight is 681 g/mol. The third-order valence-corrected chi connectivity index (χ3v) is 7.48. The maximum atomic E-state index is 7.25. The van der Waals surface area contributed by atoms with Crippen LogP contribution in [0, 0.1) is 11.3 Å². The van der Waals surface area contributed by atoms with E-state index in [1.165, 1.54) is 21.5 Å². The van der Waals surface area contributed by atoms with Gasteiger partial charge in [-0.05, 0) is 35.8 Å². The molecule has 0 aromatic heterocycles. The van der Waals surface area contributed by atoms with Gasteiger partial charge in [-0.1, -0.05) is 146 Å². The Bertz CT molecular complexity index is 1010. The first-order valence-corrected chi connectivity index (χ1v) is 13.2. The number of hydrogen-bond acceptors (Lipinski definition) is 2. The molecule has 4 aromatic rings. The molecule has 0 heterocycles. The van der Waals surface area contributed by atoms with Crippen LogP contribution < -0.4 is 15.9 Å². The first-order valence-electron chi connectivity index (χ1n) is 11.3. The predicted molar refractivity (Wildman–Crippen MR) is 157 cm³/mol. The average Bonchev–Trinajstić information content (AvgIpc) is 3.54. The topological polar surface area (TPSA) is 39.4 Å². The van der Waals surface area contributed by atoms with Crippen LogP contribution in [0.3, 0.4) is 0 Å². The van der Waals surface area contributed by atoms with Gasteiger partial charge in [0.05, 0.1) is 0 Å². The van der Waals surface area contributed by atoms with Gasteiger partial charge in [0, 0.05) is 26.8 Å². The largest absolute Gasteiger partial charge is 0.792 e. The molecule has 184 valence electrons. The van der Waals surface area contributed by atoms with Crippen molar-refractivity contribution in [2.75, 3.05) is 5.75 Å². The smallest absolute Gasteiger partial charge is 0.00506 e. The van der Waals surface area contributed by atoms with E-state index < -0.39 is 7.92 Å². The molecule has 0 aliphatic heterocycles. The molecule has 2 radical (unpaired) electrons. The van der Waals surface area contributed by atoms with E-state index in [9.17, 15) is 0 Å². The van der Waals surface area contributed by atoms with Gasteiger partial charge in [-0.15, -0.1) is 0 Å². The van der Waals surface area contributed by atoms with Crippen LogP contribution in [0.2, 0.25) is 0 Å². The van der Waals surface area contributed by atoms with Gasteiger partial charge in [-0.3, -0.25) is 0 Å².